The van der Waals surface area contributed by atoms with E-state index in [9.17, 15) is 22.6 Å². The molecule has 0 aromatic carbocycles. The van der Waals surface area contributed by atoms with E-state index < -0.39 is 39.1 Å². The van der Waals surface area contributed by atoms with Crippen LogP contribution >= 0.6 is 0 Å². The second-order valence-electron chi connectivity index (χ2n) is 16.2. The van der Waals surface area contributed by atoms with Crippen LogP contribution in [0.3, 0.4) is 0 Å². The molecule has 0 spiro atoms. The lowest BCUT2D eigenvalue weighted by atomic mass is 9.75. The highest BCUT2D eigenvalue weighted by Gasteiger charge is 2.60. The molecule has 0 saturated carbocycles. The fourth-order valence-electron chi connectivity index (χ4n) is 6.68. The molecular weight excluding hydrogens is 689 g/mol. The molecule has 0 radical (unpaired) electrons. The summed E-state index contributed by atoms with van der Waals surface area (Å²) in [6.07, 6.45) is 39.4. The molecule has 0 heterocycles. The predicted octanol–water partition coefficient (Wildman–Crippen LogP) is 13.3. The highest BCUT2D eigenvalue weighted by Crippen LogP contribution is 2.42. The SMILES string of the molecule is CCCCCCCC/C=C\CCCCCCCC(=O)OC(C)(C)C(C)(OS(=O)(=O)O)C(C)(C)OC(=O)CCCCCCC/C=C\CCCCCCCC. The Balaban J connectivity index is 4.58. The third kappa shape index (κ3) is 26.7. The predicted molar refractivity (Wildman–Crippen MR) is 220 cm³/mol. The number of unbranched alkanes of at least 4 members (excludes halogenated alkanes) is 22. The van der Waals surface area contributed by atoms with E-state index in [0.717, 1.165) is 77.0 Å². The average molecular weight is 771 g/mol. The van der Waals surface area contributed by atoms with Crippen LogP contribution in [0, 0.1) is 0 Å². The van der Waals surface area contributed by atoms with Gasteiger partial charge in [0.25, 0.3) is 0 Å². The number of ether oxygens (including phenoxy) is 2. The Kier molecular flexibility index (Phi) is 29.5. The fourth-order valence-corrected chi connectivity index (χ4v) is 7.51. The molecule has 53 heavy (non-hydrogen) atoms. The first-order chi connectivity index (χ1) is 25.1. The van der Waals surface area contributed by atoms with Crippen molar-refractivity contribution in [3.63, 3.8) is 0 Å². The van der Waals surface area contributed by atoms with Gasteiger partial charge in [-0.1, -0.05) is 141 Å². The summed E-state index contributed by atoms with van der Waals surface area (Å²) >= 11 is 0. The van der Waals surface area contributed by atoms with Crippen LogP contribution in [0.2, 0.25) is 0 Å². The minimum absolute atomic E-state index is 0.166. The number of carbonyl (C=O) groups excluding carboxylic acids is 2. The third-order valence-electron chi connectivity index (χ3n) is 10.6. The van der Waals surface area contributed by atoms with Crippen LogP contribution in [0.4, 0.5) is 0 Å². The molecule has 0 unspecified atom stereocenters. The number of esters is 2. The number of hydrogen-bond donors (Lipinski definition) is 1. The maximum atomic E-state index is 12.9. The lowest BCUT2D eigenvalue weighted by Crippen LogP contribution is -2.66. The van der Waals surface area contributed by atoms with Gasteiger partial charge < -0.3 is 9.47 Å². The summed E-state index contributed by atoms with van der Waals surface area (Å²) in [5.74, 6) is -1.01. The first-order valence-electron chi connectivity index (χ1n) is 21.5. The van der Waals surface area contributed by atoms with Crippen LogP contribution in [-0.4, -0.2) is 41.7 Å². The van der Waals surface area contributed by atoms with Gasteiger partial charge in [0.15, 0.2) is 5.60 Å². The van der Waals surface area contributed by atoms with Gasteiger partial charge in [-0.05, 0) is 98.8 Å². The largest absolute Gasteiger partial charge is 0.456 e. The van der Waals surface area contributed by atoms with E-state index in [1.54, 1.807) is 0 Å². The summed E-state index contributed by atoms with van der Waals surface area (Å²) in [7, 11) is -5.00. The van der Waals surface area contributed by atoms with E-state index in [0.29, 0.717) is 12.8 Å². The zero-order valence-corrected chi connectivity index (χ0v) is 36.1. The molecule has 0 aromatic rings. The smallest absolute Gasteiger partial charge is 0.398 e. The second kappa shape index (κ2) is 30.5. The molecule has 0 fully saturated rings. The monoisotopic (exact) mass is 771 g/mol. The quantitative estimate of drug-likeness (QED) is 0.0290. The van der Waals surface area contributed by atoms with Crippen LogP contribution in [0.25, 0.3) is 0 Å². The molecule has 0 rings (SSSR count). The van der Waals surface area contributed by atoms with Crippen LogP contribution in [0.1, 0.15) is 228 Å². The number of hydrogen-bond acceptors (Lipinski definition) is 7. The molecule has 0 aliphatic rings. The Morgan fingerprint density at radius 1 is 0.472 bits per heavy atom. The van der Waals surface area contributed by atoms with E-state index in [2.05, 4.69) is 38.2 Å². The summed E-state index contributed by atoms with van der Waals surface area (Å²) in [4.78, 5) is 25.8. The summed E-state index contributed by atoms with van der Waals surface area (Å²) in [6.45, 7) is 11.9. The topological polar surface area (TPSA) is 116 Å². The first-order valence-corrected chi connectivity index (χ1v) is 22.9. The van der Waals surface area contributed by atoms with Gasteiger partial charge in [-0.3, -0.25) is 14.1 Å². The lowest BCUT2D eigenvalue weighted by molar-refractivity contribution is -0.230. The Hall–Kier alpha value is -1.71. The molecule has 0 aromatic heterocycles. The van der Waals surface area contributed by atoms with Crippen LogP contribution in [-0.2, 0) is 33.6 Å². The number of rotatable bonds is 36. The molecule has 0 aliphatic heterocycles. The van der Waals surface area contributed by atoms with Gasteiger partial charge in [0.2, 0.25) is 0 Å². The Bertz CT molecular complexity index is 1030. The van der Waals surface area contributed by atoms with Crippen LogP contribution in [0.15, 0.2) is 24.3 Å². The van der Waals surface area contributed by atoms with E-state index in [4.69, 9.17) is 13.7 Å². The summed E-state index contributed by atoms with van der Waals surface area (Å²) in [5, 5.41) is 0. The van der Waals surface area contributed by atoms with Crippen molar-refractivity contribution in [2.24, 2.45) is 0 Å². The van der Waals surface area contributed by atoms with E-state index in [1.165, 1.54) is 112 Å². The van der Waals surface area contributed by atoms with Gasteiger partial charge in [0, 0.05) is 12.8 Å². The van der Waals surface area contributed by atoms with Crippen molar-refractivity contribution < 1.29 is 36.2 Å². The van der Waals surface area contributed by atoms with Gasteiger partial charge in [0.05, 0.1) is 0 Å². The van der Waals surface area contributed by atoms with Crippen molar-refractivity contribution in [3.05, 3.63) is 24.3 Å². The molecule has 0 atom stereocenters. The highest BCUT2D eigenvalue weighted by atomic mass is 32.3. The molecule has 312 valence electrons. The third-order valence-corrected chi connectivity index (χ3v) is 11.1. The zero-order chi connectivity index (χ0) is 39.9. The minimum atomic E-state index is -5.00. The van der Waals surface area contributed by atoms with Crippen molar-refractivity contribution >= 4 is 22.3 Å². The number of carbonyl (C=O) groups is 2. The van der Waals surface area contributed by atoms with E-state index in [1.807, 2.05) is 0 Å². The molecule has 0 amide bonds. The van der Waals surface area contributed by atoms with E-state index in [-0.39, 0.29) is 12.8 Å². The van der Waals surface area contributed by atoms with Gasteiger partial charge in [-0.15, -0.1) is 0 Å². The highest BCUT2D eigenvalue weighted by molar-refractivity contribution is 7.80. The fraction of sp³-hybridized carbons (Fsp3) is 0.864. The standard InChI is InChI=1S/C44H82O8S/c1-8-10-12-14-16-18-20-22-24-26-28-30-32-34-36-38-40(45)50-42(3,4)44(7,52-53(47,48)49)43(5,6)51-41(46)39-37-35-33-31-29-27-25-23-21-19-17-15-13-11-9-2/h22-25H,8-21,26-39H2,1-7H3,(H,47,48,49)/b24-22-,25-23-. The lowest BCUT2D eigenvalue weighted by Gasteiger charge is -2.49. The molecule has 0 aliphatic carbocycles. The average Bonchev–Trinajstić information content (AvgIpc) is 3.07. The first kappa shape index (κ1) is 51.3. The Morgan fingerprint density at radius 2 is 0.736 bits per heavy atom. The van der Waals surface area contributed by atoms with Crippen molar-refractivity contribution in [1.29, 1.82) is 0 Å². The molecule has 9 heteroatoms. The van der Waals surface area contributed by atoms with Crippen LogP contribution in [0.5, 0.6) is 0 Å². The van der Waals surface area contributed by atoms with Gasteiger partial charge in [0.1, 0.15) is 11.2 Å². The zero-order valence-electron chi connectivity index (χ0n) is 35.3. The Morgan fingerprint density at radius 3 is 1.02 bits per heavy atom. The van der Waals surface area contributed by atoms with Gasteiger partial charge in [-0.2, -0.15) is 8.42 Å². The summed E-state index contributed by atoms with van der Waals surface area (Å²) in [5.41, 5.74) is -5.08. The van der Waals surface area contributed by atoms with E-state index >= 15 is 0 Å². The molecule has 0 saturated heterocycles. The van der Waals surface area contributed by atoms with Crippen molar-refractivity contribution in [3.8, 4) is 0 Å². The minimum Gasteiger partial charge on any atom is -0.456 e. The van der Waals surface area contributed by atoms with Crippen LogP contribution < -0.4 is 0 Å². The maximum absolute atomic E-state index is 12.9. The van der Waals surface area contributed by atoms with Gasteiger partial charge in [-0.25, -0.2) is 4.18 Å². The van der Waals surface area contributed by atoms with Gasteiger partial charge >= 0.3 is 22.3 Å². The van der Waals surface area contributed by atoms with Crippen molar-refractivity contribution in [2.75, 3.05) is 0 Å². The Labute approximate surface area is 327 Å². The maximum Gasteiger partial charge on any atom is 0.398 e. The molecule has 1 N–H and O–H groups in total. The summed E-state index contributed by atoms with van der Waals surface area (Å²) < 4.78 is 50.5. The molecule has 8 nitrogen and oxygen atoms in total. The second-order valence-corrected chi connectivity index (χ2v) is 17.2. The normalized spacial score (nSPS) is 13.0. The summed E-state index contributed by atoms with van der Waals surface area (Å²) in [6, 6.07) is 0. The van der Waals surface area contributed by atoms with Crippen molar-refractivity contribution in [1.82, 2.24) is 0 Å². The molecular formula is C44H82O8S. The van der Waals surface area contributed by atoms with Crippen molar-refractivity contribution in [2.45, 2.75) is 245 Å². The molecule has 0 bridgehead atoms. The number of allylic oxidation sites excluding steroid dienone is 4.